The van der Waals surface area contributed by atoms with Crippen LogP contribution in [0.2, 0.25) is 0 Å². The molecule has 0 spiro atoms. The van der Waals surface area contributed by atoms with Crippen molar-refractivity contribution in [3.8, 4) is 0 Å². The fourth-order valence-corrected chi connectivity index (χ4v) is 4.11. The van der Waals surface area contributed by atoms with E-state index in [1.165, 1.54) is 12.1 Å². The standard InChI is InChI=1S/C26H31FN6O/c1-32(2)22-11-14-33(18-22)24-9-8-23(26(34)30-17-20-6-4-12-28-16-20)25(31-24)29-13-10-19-5-3-7-21(27)15-19/h3-9,12,15-16,22H,10-11,13-14,17-18H2,1-2H3,(H,29,31)(H,30,34)/t22-/m1/s1. The van der Waals surface area contributed by atoms with Crippen molar-refractivity contribution >= 4 is 17.5 Å². The van der Waals surface area contributed by atoms with Gasteiger partial charge in [0.25, 0.3) is 5.91 Å². The molecule has 2 N–H and O–H groups in total. The van der Waals surface area contributed by atoms with Gasteiger partial charge in [-0.05, 0) is 68.4 Å². The number of benzene rings is 1. The maximum absolute atomic E-state index is 13.5. The highest BCUT2D eigenvalue weighted by Crippen LogP contribution is 2.24. The van der Waals surface area contributed by atoms with Crippen LogP contribution in [0.3, 0.4) is 0 Å². The van der Waals surface area contributed by atoms with Crippen LogP contribution in [0.4, 0.5) is 16.0 Å². The molecular formula is C26H31FN6O. The van der Waals surface area contributed by atoms with Gasteiger partial charge < -0.3 is 20.4 Å². The number of amides is 1. The van der Waals surface area contributed by atoms with Gasteiger partial charge in [-0.2, -0.15) is 0 Å². The molecule has 8 heteroatoms. The van der Waals surface area contributed by atoms with Crippen LogP contribution >= 0.6 is 0 Å². The first-order valence-electron chi connectivity index (χ1n) is 11.6. The first-order valence-corrected chi connectivity index (χ1v) is 11.6. The van der Waals surface area contributed by atoms with Crippen molar-refractivity contribution in [3.63, 3.8) is 0 Å². The molecule has 1 aromatic carbocycles. The number of likely N-dealkylation sites (N-methyl/N-ethyl adjacent to an activating group) is 1. The number of carbonyl (C=O) groups is 1. The summed E-state index contributed by atoms with van der Waals surface area (Å²) in [4.78, 5) is 26.4. The third kappa shape index (κ3) is 6.08. The fourth-order valence-electron chi connectivity index (χ4n) is 4.11. The Morgan fingerprint density at radius 1 is 1.18 bits per heavy atom. The summed E-state index contributed by atoms with van der Waals surface area (Å²) in [6.45, 7) is 2.73. The molecule has 34 heavy (non-hydrogen) atoms. The van der Waals surface area contributed by atoms with Gasteiger partial charge in [0.15, 0.2) is 0 Å². The second-order valence-corrected chi connectivity index (χ2v) is 8.77. The average molecular weight is 463 g/mol. The first-order chi connectivity index (χ1) is 16.5. The fraction of sp³-hybridized carbons (Fsp3) is 0.346. The van der Waals surface area contributed by atoms with Crippen molar-refractivity contribution in [2.75, 3.05) is 43.9 Å². The molecular weight excluding hydrogens is 431 g/mol. The zero-order valence-corrected chi connectivity index (χ0v) is 19.7. The number of pyridine rings is 2. The molecule has 1 saturated heterocycles. The van der Waals surface area contributed by atoms with Crippen LogP contribution in [0.15, 0.2) is 60.9 Å². The number of nitrogens with one attached hydrogen (secondary N) is 2. The maximum Gasteiger partial charge on any atom is 0.255 e. The molecule has 0 radical (unpaired) electrons. The second-order valence-electron chi connectivity index (χ2n) is 8.77. The smallest absolute Gasteiger partial charge is 0.255 e. The first kappa shape index (κ1) is 23.6. The molecule has 1 amide bonds. The highest BCUT2D eigenvalue weighted by molar-refractivity contribution is 5.99. The van der Waals surface area contributed by atoms with Gasteiger partial charge in [-0.1, -0.05) is 18.2 Å². The summed E-state index contributed by atoms with van der Waals surface area (Å²) < 4.78 is 13.5. The molecule has 2 aromatic heterocycles. The third-order valence-corrected chi connectivity index (χ3v) is 6.11. The lowest BCUT2D eigenvalue weighted by atomic mass is 10.1. The van der Waals surface area contributed by atoms with Crippen LogP contribution in [0.1, 0.15) is 27.9 Å². The Kier molecular flexibility index (Phi) is 7.69. The normalized spacial score (nSPS) is 15.5. The number of rotatable bonds is 9. The maximum atomic E-state index is 13.5. The van der Waals surface area contributed by atoms with E-state index < -0.39 is 0 Å². The van der Waals surface area contributed by atoms with Crippen LogP contribution in [-0.4, -0.2) is 60.5 Å². The van der Waals surface area contributed by atoms with E-state index in [0.717, 1.165) is 36.5 Å². The van der Waals surface area contributed by atoms with Crippen LogP contribution < -0.4 is 15.5 Å². The predicted molar refractivity (Wildman–Crippen MR) is 133 cm³/mol. The minimum atomic E-state index is -0.252. The van der Waals surface area contributed by atoms with Gasteiger partial charge in [-0.3, -0.25) is 9.78 Å². The average Bonchev–Trinajstić information content (AvgIpc) is 3.34. The van der Waals surface area contributed by atoms with Crippen molar-refractivity contribution < 1.29 is 9.18 Å². The van der Waals surface area contributed by atoms with Gasteiger partial charge in [-0.25, -0.2) is 9.37 Å². The lowest BCUT2D eigenvalue weighted by molar-refractivity contribution is 0.0951. The summed E-state index contributed by atoms with van der Waals surface area (Å²) in [6.07, 6.45) is 5.12. The second kappa shape index (κ2) is 11.1. The zero-order chi connectivity index (χ0) is 23.9. The summed E-state index contributed by atoms with van der Waals surface area (Å²) >= 11 is 0. The number of hydrogen-bond donors (Lipinski definition) is 2. The Bertz CT molecular complexity index is 1110. The minimum Gasteiger partial charge on any atom is -0.369 e. The van der Waals surface area contributed by atoms with Crippen molar-refractivity contribution in [3.05, 3.63) is 83.4 Å². The van der Waals surface area contributed by atoms with Gasteiger partial charge in [-0.15, -0.1) is 0 Å². The lowest BCUT2D eigenvalue weighted by Crippen LogP contribution is -2.32. The molecule has 4 rings (SSSR count). The molecule has 1 atom stereocenters. The summed E-state index contributed by atoms with van der Waals surface area (Å²) in [5.74, 6) is 0.925. The van der Waals surface area contributed by atoms with Crippen LogP contribution in [0.5, 0.6) is 0 Å². The summed E-state index contributed by atoms with van der Waals surface area (Å²) in [5, 5.41) is 6.27. The molecule has 0 unspecified atom stereocenters. The number of nitrogens with zero attached hydrogens (tertiary/aromatic N) is 4. The van der Waals surface area contributed by atoms with E-state index >= 15 is 0 Å². The molecule has 0 saturated carbocycles. The molecule has 0 aliphatic carbocycles. The van der Waals surface area contributed by atoms with Crippen LogP contribution in [0.25, 0.3) is 0 Å². The molecule has 3 aromatic rings. The van der Waals surface area contributed by atoms with E-state index in [4.69, 9.17) is 4.98 Å². The molecule has 0 bridgehead atoms. The third-order valence-electron chi connectivity index (χ3n) is 6.11. The van der Waals surface area contributed by atoms with Crippen molar-refractivity contribution in [1.29, 1.82) is 0 Å². The summed E-state index contributed by atoms with van der Waals surface area (Å²) in [7, 11) is 4.19. The molecule has 1 fully saturated rings. The van der Waals surface area contributed by atoms with Crippen LogP contribution in [0, 0.1) is 5.82 Å². The van der Waals surface area contributed by atoms with E-state index in [2.05, 4.69) is 39.5 Å². The van der Waals surface area contributed by atoms with Gasteiger partial charge in [0.1, 0.15) is 17.5 Å². The van der Waals surface area contributed by atoms with E-state index in [1.54, 1.807) is 18.5 Å². The zero-order valence-electron chi connectivity index (χ0n) is 19.7. The molecule has 178 valence electrons. The SMILES string of the molecule is CN(C)[C@@H]1CCN(c2ccc(C(=O)NCc3cccnc3)c(NCCc3cccc(F)c3)n2)C1. The number of aromatic nitrogens is 2. The molecule has 3 heterocycles. The van der Waals surface area contributed by atoms with Crippen LogP contribution in [-0.2, 0) is 13.0 Å². The van der Waals surface area contributed by atoms with Gasteiger partial charge in [0.05, 0.1) is 5.56 Å². The number of anilines is 2. The van der Waals surface area contributed by atoms with Crippen molar-refractivity contribution in [2.24, 2.45) is 0 Å². The predicted octanol–water partition coefficient (Wildman–Crippen LogP) is 3.34. The minimum absolute atomic E-state index is 0.205. The highest BCUT2D eigenvalue weighted by atomic mass is 19.1. The Morgan fingerprint density at radius 2 is 2.03 bits per heavy atom. The number of halogens is 1. The molecule has 7 nitrogen and oxygen atoms in total. The quantitative estimate of drug-likeness (QED) is 0.508. The number of hydrogen-bond acceptors (Lipinski definition) is 6. The Labute approximate surface area is 200 Å². The Hall–Kier alpha value is -3.52. The van der Waals surface area contributed by atoms with Gasteiger partial charge in [0.2, 0.25) is 0 Å². The summed E-state index contributed by atoms with van der Waals surface area (Å²) in [5.41, 5.74) is 2.29. The van der Waals surface area contributed by atoms with Crippen molar-refractivity contribution in [1.82, 2.24) is 20.2 Å². The number of carbonyl (C=O) groups excluding carboxylic acids is 1. The van der Waals surface area contributed by atoms with E-state index in [-0.39, 0.29) is 11.7 Å². The van der Waals surface area contributed by atoms with E-state index in [0.29, 0.717) is 36.9 Å². The Morgan fingerprint density at radius 3 is 2.76 bits per heavy atom. The van der Waals surface area contributed by atoms with E-state index in [1.807, 2.05) is 30.3 Å². The van der Waals surface area contributed by atoms with E-state index in [9.17, 15) is 9.18 Å². The molecule has 1 aliphatic rings. The monoisotopic (exact) mass is 462 g/mol. The Balaban J connectivity index is 1.49. The topological polar surface area (TPSA) is 73.4 Å². The summed E-state index contributed by atoms with van der Waals surface area (Å²) in [6, 6.07) is 14.5. The molecule has 1 aliphatic heterocycles. The largest absolute Gasteiger partial charge is 0.369 e. The van der Waals surface area contributed by atoms with Gasteiger partial charge >= 0.3 is 0 Å². The van der Waals surface area contributed by atoms with Crippen molar-refractivity contribution in [2.45, 2.75) is 25.4 Å². The van der Waals surface area contributed by atoms with Gasteiger partial charge in [0, 0.05) is 44.6 Å². The highest BCUT2D eigenvalue weighted by Gasteiger charge is 2.26. The lowest BCUT2D eigenvalue weighted by Gasteiger charge is -2.22.